The Hall–Kier alpha value is -0.940. The molecule has 0 bridgehead atoms. The predicted octanol–water partition coefficient (Wildman–Crippen LogP) is 2.52. The summed E-state index contributed by atoms with van der Waals surface area (Å²) in [7, 11) is 1.21. The number of rotatable bonds is 3. The number of benzene rings is 1. The van der Waals surface area contributed by atoms with Crippen molar-refractivity contribution in [3.8, 4) is 5.75 Å². The van der Waals surface area contributed by atoms with Gasteiger partial charge in [0.15, 0.2) is 11.6 Å². The highest BCUT2D eigenvalue weighted by molar-refractivity contribution is 5.85. The molecule has 0 aliphatic rings. The van der Waals surface area contributed by atoms with Crippen LogP contribution < -0.4 is 10.5 Å². The zero-order valence-electron chi connectivity index (χ0n) is 7.91. The van der Waals surface area contributed by atoms with E-state index in [0.29, 0.717) is 0 Å². The number of methoxy groups -OCH3 is 1. The fraction of sp³-hybridized carbons (Fsp3) is 0.333. The maximum Gasteiger partial charge on any atom is 0.257 e. The maximum absolute atomic E-state index is 13.0. The van der Waals surface area contributed by atoms with Gasteiger partial charge in [-0.2, -0.15) is 0 Å². The van der Waals surface area contributed by atoms with Crippen LogP contribution in [0.25, 0.3) is 0 Å². The van der Waals surface area contributed by atoms with Crippen LogP contribution in [0.4, 0.5) is 13.2 Å². The van der Waals surface area contributed by atoms with Crippen molar-refractivity contribution in [3.63, 3.8) is 0 Å². The summed E-state index contributed by atoms with van der Waals surface area (Å²) < 4.78 is 42.2. The van der Waals surface area contributed by atoms with Gasteiger partial charge in [-0.05, 0) is 6.07 Å². The lowest BCUT2D eigenvalue weighted by atomic mass is 10.1. The minimum atomic E-state index is -2.74. The Kier molecular flexibility index (Phi) is 5.46. The van der Waals surface area contributed by atoms with E-state index >= 15 is 0 Å². The molecular weight excluding hydrogens is 231 g/mol. The highest BCUT2D eigenvalue weighted by atomic mass is 35.5. The van der Waals surface area contributed by atoms with Gasteiger partial charge in [0, 0.05) is 5.56 Å². The van der Waals surface area contributed by atoms with Gasteiger partial charge < -0.3 is 10.5 Å². The zero-order valence-corrected chi connectivity index (χ0v) is 8.73. The molecule has 2 nitrogen and oxygen atoms in total. The number of hydrogen-bond acceptors (Lipinski definition) is 2. The highest BCUT2D eigenvalue weighted by Gasteiger charge is 2.22. The molecule has 0 aliphatic carbocycles. The van der Waals surface area contributed by atoms with E-state index in [9.17, 15) is 13.2 Å². The Morgan fingerprint density at radius 2 is 1.93 bits per heavy atom. The third-order valence-corrected chi connectivity index (χ3v) is 1.83. The van der Waals surface area contributed by atoms with E-state index in [2.05, 4.69) is 4.74 Å². The summed E-state index contributed by atoms with van der Waals surface area (Å²) in [6.45, 7) is 0. The smallest absolute Gasteiger partial charge is 0.257 e. The van der Waals surface area contributed by atoms with Crippen LogP contribution in [0.2, 0.25) is 0 Å². The molecule has 2 N–H and O–H groups in total. The van der Waals surface area contributed by atoms with Crippen molar-refractivity contribution in [2.75, 3.05) is 7.11 Å². The van der Waals surface area contributed by atoms with E-state index < -0.39 is 18.3 Å². The van der Waals surface area contributed by atoms with E-state index in [1.807, 2.05) is 0 Å². The summed E-state index contributed by atoms with van der Waals surface area (Å²) in [6, 6.07) is 2.23. The summed E-state index contributed by atoms with van der Waals surface area (Å²) >= 11 is 0. The van der Waals surface area contributed by atoms with Gasteiger partial charge in [0.05, 0.1) is 13.2 Å². The molecule has 1 rings (SSSR count). The van der Waals surface area contributed by atoms with Gasteiger partial charge >= 0.3 is 0 Å². The molecule has 1 aromatic rings. The number of hydrogen-bond donors (Lipinski definition) is 1. The summed E-state index contributed by atoms with van der Waals surface area (Å²) in [5.74, 6) is -0.915. The first-order chi connectivity index (χ1) is 6.57. The van der Waals surface area contributed by atoms with Crippen molar-refractivity contribution in [2.24, 2.45) is 5.73 Å². The second kappa shape index (κ2) is 5.82. The van der Waals surface area contributed by atoms with E-state index in [-0.39, 0.29) is 23.7 Å². The van der Waals surface area contributed by atoms with Crippen LogP contribution in [0, 0.1) is 5.82 Å². The van der Waals surface area contributed by atoms with Crippen LogP contribution in [-0.2, 0) is 0 Å². The fourth-order valence-corrected chi connectivity index (χ4v) is 1.14. The molecule has 0 heterocycles. The number of halogens is 4. The minimum absolute atomic E-state index is 0. The van der Waals surface area contributed by atoms with Crippen LogP contribution in [-0.4, -0.2) is 13.5 Å². The lowest BCUT2D eigenvalue weighted by Crippen LogP contribution is -2.20. The number of para-hydroxylation sites is 1. The topological polar surface area (TPSA) is 35.2 Å². The van der Waals surface area contributed by atoms with Gasteiger partial charge in [0.1, 0.15) is 0 Å². The van der Waals surface area contributed by atoms with Crippen molar-refractivity contribution < 1.29 is 17.9 Å². The van der Waals surface area contributed by atoms with Crippen molar-refractivity contribution in [3.05, 3.63) is 29.6 Å². The largest absolute Gasteiger partial charge is 0.493 e. The molecule has 0 saturated heterocycles. The lowest BCUT2D eigenvalue weighted by Gasteiger charge is -2.14. The number of ether oxygens (including phenoxy) is 1. The van der Waals surface area contributed by atoms with Crippen molar-refractivity contribution >= 4 is 12.4 Å². The molecule has 15 heavy (non-hydrogen) atoms. The predicted molar refractivity (Wildman–Crippen MR) is 53.1 cm³/mol. The Morgan fingerprint density at radius 1 is 1.33 bits per heavy atom. The van der Waals surface area contributed by atoms with Gasteiger partial charge in [0.2, 0.25) is 0 Å². The van der Waals surface area contributed by atoms with Crippen LogP contribution in [0.3, 0.4) is 0 Å². The van der Waals surface area contributed by atoms with Crippen LogP contribution in [0.5, 0.6) is 5.75 Å². The molecule has 0 fully saturated rings. The first-order valence-corrected chi connectivity index (χ1v) is 3.94. The normalized spacial score (nSPS) is 12.1. The standard InChI is InChI=1S/C9H10F3NO.ClH/c1-14-8-5(7(13)9(11)12)3-2-4-6(8)10;/h2-4,7,9H,13H2,1H3;1H/t7-;/m0./s1. The second-order valence-electron chi connectivity index (χ2n) is 2.72. The van der Waals surface area contributed by atoms with Crippen LogP contribution in [0.1, 0.15) is 11.6 Å². The fourth-order valence-electron chi connectivity index (χ4n) is 1.14. The van der Waals surface area contributed by atoms with Gasteiger partial charge in [-0.25, -0.2) is 13.2 Å². The third-order valence-electron chi connectivity index (χ3n) is 1.83. The highest BCUT2D eigenvalue weighted by Crippen LogP contribution is 2.29. The number of nitrogens with two attached hydrogens (primary N) is 1. The van der Waals surface area contributed by atoms with Gasteiger partial charge in [0.25, 0.3) is 6.43 Å². The summed E-state index contributed by atoms with van der Waals surface area (Å²) in [4.78, 5) is 0. The number of alkyl halides is 2. The zero-order chi connectivity index (χ0) is 10.7. The summed E-state index contributed by atoms with van der Waals surface area (Å²) in [5.41, 5.74) is 5.16. The monoisotopic (exact) mass is 241 g/mol. The Balaban J connectivity index is 0.00000196. The Morgan fingerprint density at radius 3 is 2.40 bits per heavy atom. The molecule has 6 heteroatoms. The van der Waals surface area contributed by atoms with Crippen molar-refractivity contribution in [1.29, 1.82) is 0 Å². The van der Waals surface area contributed by atoms with Crippen molar-refractivity contribution in [1.82, 2.24) is 0 Å². The minimum Gasteiger partial charge on any atom is -0.493 e. The molecule has 0 saturated carbocycles. The molecule has 0 aliphatic heterocycles. The average Bonchev–Trinajstić information content (AvgIpc) is 2.16. The summed E-state index contributed by atoms with van der Waals surface area (Å²) in [6.07, 6.45) is -2.74. The van der Waals surface area contributed by atoms with E-state index in [0.717, 1.165) is 6.07 Å². The first kappa shape index (κ1) is 14.1. The van der Waals surface area contributed by atoms with Gasteiger partial charge in [-0.15, -0.1) is 12.4 Å². The molecular formula is C9H11ClF3NO. The average molecular weight is 242 g/mol. The van der Waals surface area contributed by atoms with Crippen LogP contribution >= 0.6 is 12.4 Å². The molecule has 0 unspecified atom stereocenters. The first-order valence-electron chi connectivity index (χ1n) is 3.94. The van der Waals surface area contributed by atoms with Crippen molar-refractivity contribution in [2.45, 2.75) is 12.5 Å². The molecule has 0 spiro atoms. The SMILES string of the molecule is COc1c(F)cccc1[C@H](N)C(F)F.Cl. The van der Waals surface area contributed by atoms with E-state index in [1.54, 1.807) is 0 Å². The second-order valence-corrected chi connectivity index (χ2v) is 2.72. The quantitative estimate of drug-likeness (QED) is 0.883. The Labute approximate surface area is 91.6 Å². The van der Waals surface area contributed by atoms with E-state index in [4.69, 9.17) is 5.73 Å². The lowest BCUT2D eigenvalue weighted by molar-refractivity contribution is 0.115. The molecule has 0 radical (unpaired) electrons. The maximum atomic E-state index is 13.0. The summed E-state index contributed by atoms with van der Waals surface area (Å²) in [5, 5.41) is 0. The Bertz CT molecular complexity index is 322. The molecule has 1 aromatic carbocycles. The third kappa shape index (κ3) is 3.00. The molecule has 0 aromatic heterocycles. The van der Waals surface area contributed by atoms with Gasteiger partial charge in [-0.3, -0.25) is 0 Å². The molecule has 1 atom stereocenters. The molecule has 0 amide bonds. The molecule has 86 valence electrons. The van der Waals surface area contributed by atoms with E-state index in [1.165, 1.54) is 19.2 Å². The van der Waals surface area contributed by atoms with Crippen LogP contribution in [0.15, 0.2) is 18.2 Å². The van der Waals surface area contributed by atoms with Gasteiger partial charge in [-0.1, -0.05) is 12.1 Å².